The molecule has 0 aliphatic carbocycles. The van der Waals surface area contributed by atoms with E-state index in [1.165, 1.54) is 0 Å². The van der Waals surface area contributed by atoms with Crippen molar-refractivity contribution >= 4 is 45.3 Å². The molecule has 6 rings (SSSR count). The van der Waals surface area contributed by atoms with E-state index in [1.807, 2.05) is 71.0 Å². The van der Waals surface area contributed by atoms with Gasteiger partial charge in [0.1, 0.15) is 23.5 Å². The molecule has 12 heteroatoms. The molecule has 0 spiro atoms. The van der Waals surface area contributed by atoms with Crippen molar-refractivity contribution in [3.8, 4) is 11.7 Å². The quantitative estimate of drug-likeness (QED) is 0.270. The van der Waals surface area contributed by atoms with Crippen molar-refractivity contribution in [1.82, 2.24) is 29.3 Å². The standard InChI is InChI=1S/C34H42ClN7O4/c1-7-26-36-28-29(31(43)42(26)25-15-9-12-22-11-8-14-24(35)27(22)25)37-32(45-20-23-13-10-16-39(23)6)38-30(28)41-18-17-40(19-21(41)2)33(44)46-34(3,4)5/h8-9,11-12,14-15,21,23H,7,10,13,16-20H2,1-6H3/t21-,23?/m0/s1. The molecular formula is C34H42ClN7O4. The summed E-state index contributed by atoms with van der Waals surface area (Å²) < 4.78 is 13.5. The fourth-order valence-corrected chi connectivity index (χ4v) is 6.69. The second kappa shape index (κ2) is 12.7. The number of hydrogen-bond donors (Lipinski definition) is 0. The number of aryl methyl sites for hydroxylation is 1. The second-order valence-electron chi connectivity index (χ2n) is 13.2. The number of carbonyl (C=O) groups excluding carboxylic acids is 1. The number of aromatic nitrogens is 4. The summed E-state index contributed by atoms with van der Waals surface area (Å²) in [6.45, 7) is 12.3. The summed E-state index contributed by atoms with van der Waals surface area (Å²) in [5.41, 5.74) is 0.319. The minimum Gasteiger partial charge on any atom is -0.462 e. The van der Waals surface area contributed by atoms with E-state index in [0.717, 1.165) is 30.2 Å². The normalized spacial score (nSPS) is 19.3. The van der Waals surface area contributed by atoms with Gasteiger partial charge >= 0.3 is 12.1 Å². The molecule has 4 heterocycles. The van der Waals surface area contributed by atoms with E-state index >= 15 is 0 Å². The lowest BCUT2D eigenvalue weighted by Crippen LogP contribution is -2.55. The van der Waals surface area contributed by atoms with Gasteiger partial charge in [-0.1, -0.05) is 42.8 Å². The van der Waals surface area contributed by atoms with Crippen LogP contribution in [0.5, 0.6) is 6.01 Å². The number of likely N-dealkylation sites (tertiary alicyclic amines) is 1. The van der Waals surface area contributed by atoms with Gasteiger partial charge in [-0.3, -0.25) is 9.36 Å². The molecule has 4 aromatic rings. The van der Waals surface area contributed by atoms with Crippen molar-refractivity contribution in [2.45, 2.75) is 71.6 Å². The molecular weight excluding hydrogens is 606 g/mol. The number of hydrogen-bond acceptors (Lipinski definition) is 9. The summed E-state index contributed by atoms with van der Waals surface area (Å²) in [5.74, 6) is 1.09. The van der Waals surface area contributed by atoms with E-state index in [4.69, 9.17) is 36.0 Å². The number of carbonyl (C=O) groups is 1. The number of rotatable bonds is 6. The zero-order valence-electron chi connectivity index (χ0n) is 27.4. The average molecular weight is 648 g/mol. The Morgan fingerprint density at radius 1 is 1.04 bits per heavy atom. The average Bonchev–Trinajstić information content (AvgIpc) is 3.43. The van der Waals surface area contributed by atoms with Gasteiger partial charge in [0.05, 0.1) is 10.7 Å². The molecule has 2 aromatic carbocycles. The molecule has 0 saturated carbocycles. The zero-order chi connectivity index (χ0) is 32.7. The Morgan fingerprint density at radius 2 is 1.80 bits per heavy atom. The molecule has 46 heavy (non-hydrogen) atoms. The lowest BCUT2D eigenvalue weighted by Gasteiger charge is -2.40. The summed E-state index contributed by atoms with van der Waals surface area (Å²) in [6.07, 6.45) is 2.27. The smallest absolute Gasteiger partial charge is 0.410 e. The molecule has 0 N–H and O–H groups in total. The fraction of sp³-hybridized carbons (Fsp3) is 0.500. The maximum absolute atomic E-state index is 14.6. The van der Waals surface area contributed by atoms with Crippen LogP contribution in [0.25, 0.3) is 27.5 Å². The summed E-state index contributed by atoms with van der Waals surface area (Å²) in [5, 5.41) is 2.24. The molecule has 11 nitrogen and oxygen atoms in total. The summed E-state index contributed by atoms with van der Waals surface area (Å²) in [6, 6.07) is 11.7. The molecule has 2 fully saturated rings. The molecule has 2 atom stereocenters. The topological polar surface area (TPSA) is 106 Å². The third-order valence-electron chi connectivity index (χ3n) is 8.77. The number of benzene rings is 2. The second-order valence-corrected chi connectivity index (χ2v) is 13.6. The number of piperazine rings is 1. The molecule has 244 valence electrons. The minimum atomic E-state index is -0.589. The van der Waals surface area contributed by atoms with Crippen LogP contribution in [0, 0.1) is 0 Å². The third-order valence-corrected chi connectivity index (χ3v) is 9.08. The Bertz CT molecular complexity index is 1830. The highest BCUT2D eigenvalue weighted by Gasteiger charge is 2.33. The zero-order valence-corrected chi connectivity index (χ0v) is 28.2. The highest BCUT2D eigenvalue weighted by molar-refractivity contribution is 6.36. The largest absolute Gasteiger partial charge is 0.462 e. The molecule has 1 amide bonds. The van der Waals surface area contributed by atoms with E-state index in [-0.39, 0.29) is 35.3 Å². The Labute approximate surface area is 274 Å². The number of fused-ring (bicyclic) bond motifs is 2. The van der Waals surface area contributed by atoms with Crippen molar-refractivity contribution in [3.63, 3.8) is 0 Å². The molecule has 0 radical (unpaired) electrons. The van der Waals surface area contributed by atoms with Crippen LogP contribution in [0.15, 0.2) is 41.2 Å². The number of likely N-dealkylation sites (N-methyl/N-ethyl adjacent to an activating group) is 1. The van der Waals surface area contributed by atoms with Crippen LogP contribution in [0.2, 0.25) is 5.02 Å². The first-order chi connectivity index (χ1) is 21.9. The summed E-state index contributed by atoms with van der Waals surface area (Å²) in [4.78, 5) is 48.2. The van der Waals surface area contributed by atoms with E-state index in [1.54, 1.807) is 9.47 Å². The van der Waals surface area contributed by atoms with Gasteiger partial charge in [0, 0.05) is 43.5 Å². The predicted molar refractivity (Wildman–Crippen MR) is 181 cm³/mol. The third kappa shape index (κ3) is 6.22. The highest BCUT2D eigenvalue weighted by Crippen LogP contribution is 2.32. The fourth-order valence-electron chi connectivity index (χ4n) is 6.42. The van der Waals surface area contributed by atoms with E-state index in [9.17, 15) is 9.59 Å². The van der Waals surface area contributed by atoms with Gasteiger partial charge < -0.3 is 24.2 Å². The maximum atomic E-state index is 14.6. The van der Waals surface area contributed by atoms with Gasteiger partial charge in [-0.15, -0.1) is 0 Å². The van der Waals surface area contributed by atoms with Crippen molar-refractivity contribution in [2.75, 3.05) is 44.7 Å². The summed E-state index contributed by atoms with van der Waals surface area (Å²) >= 11 is 6.70. The van der Waals surface area contributed by atoms with Crippen LogP contribution < -0.4 is 15.2 Å². The summed E-state index contributed by atoms with van der Waals surface area (Å²) in [7, 11) is 2.09. The maximum Gasteiger partial charge on any atom is 0.410 e. The van der Waals surface area contributed by atoms with Gasteiger partial charge in [-0.05, 0) is 71.6 Å². The first kappa shape index (κ1) is 32.0. The molecule has 0 bridgehead atoms. The van der Waals surface area contributed by atoms with Crippen molar-refractivity contribution in [2.24, 2.45) is 0 Å². The number of nitrogens with zero attached hydrogens (tertiary/aromatic N) is 7. The monoisotopic (exact) mass is 647 g/mol. The van der Waals surface area contributed by atoms with Crippen molar-refractivity contribution in [3.05, 3.63) is 57.6 Å². The minimum absolute atomic E-state index is 0.134. The van der Waals surface area contributed by atoms with Crippen molar-refractivity contribution in [1.29, 1.82) is 0 Å². The van der Waals surface area contributed by atoms with Gasteiger partial charge in [-0.2, -0.15) is 9.97 Å². The van der Waals surface area contributed by atoms with Gasteiger partial charge in [0.15, 0.2) is 11.3 Å². The van der Waals surface area contributed by atoms with Gasteiger partial charge in [0.25, 0.3) is 5.56 Å². The van der Waals surface area contributed by atoms with Gasteiger partial charge in [-0.25, -0.2) is 9.78 Å². The Kier molecular flexibility index (Phi) is 8.82. The Balaban J connectivity index is 1.47. The molecule has 2 aromatic heterocycles. The van der Waals surface area contributed by atoms with E-state index < -0.39 is 5.60 Å². The molecule has 1 unspecified atom stereocenters. The SMILES string of the molecule is CCc1nc2c(N3CCN(C(=O)OC(C)(C)C)C[C@@H]3C)nc(OCC3CCCN3C)nc2c(=O)n1-c1cccc2cccc(Cl)c12. The van der Waals surface area contributed by atoms with Crippen LogP contribution in [0.3, 0.4) is 0 Å². The molecule has 2 aliphatic heterocycles. The Hall–Kier alpha value is -3.96. The lowest BCUT2D eigenvalue weighted by atomic mass is 10.1. The number of halogens is 1. The van der Waals surface area contributed by atoms with Crippen LogP contribution in [0.1, 0.15) is 53.3 Å². The predicted octanol–water partition coefficient (Wildman–Crippen LogP) is 5.46. The van der Waals surface area contributed by atoms with E-state index in [0.29, 0.717) is 60.5 Å². The number of ether oxygens (including phenoxy) is 2. The highest BCUT2D eigenvalue weighted by atomic mass is 35.5. The van der Waals surface area contributed by atoms with Crippen molar-refractivity contribution < 1.29 is 14.3 Å². The first-order valence-electron chi connectivity index (χ1n) is 16.0. The first-order valence-corrected chi connectivity index (χ1v) is 16.4. The molecule has 2 saturated heterocycles. The number of anilines is 1. The van der Waals surface area contributed by atoms with Crippen LogP contribution in [0.4, 0.5) is 10.6 Å². The van der Waals surface area contributed by atoms with Crippen LogP contribution >= 0.6 is 11.6 Å². The van der Waals surface area contributed by atoms with E-state index in [2.05, 4.69) is 16.8 Å². The van der Waals surface area contributed by atoms with Gasteiger partial charge in [0.2, 0.25) is 0 Å². The Morgan fingerprint density at radius 3 is 2.48 bits per heavy atom. The van der Waals surface area contributed by atoms with Crippen LogP contribution in [-0.4, -0.2) is 92.9 Å². The number of amides is 1. The molecule has 2 aliphatic rings. The lowest BCUT2D eigenvalue weighted by molar-refractivity contribution is 0.0218. The van der Waals surface area contributed by atoms with Crippen LogP contribution in [-0.2, 0) is 11.2 Å².